The highest BCUT2D eigenvalue weighted by Gasteiger charge is 1.96. The van der Waals surface area contributed by atoms with E-state index in [4.69, 9.17) is 21.7 Å². The Labute approximate surface area is 197 Å². The minimum atomic E-state index is 0.340. The van der Waals surface area contributed by atoms with Crippen LogP contribution >= 0.6 is 0 Å². The van der Waals surface area contributed by atoms with Crippen molar-refractivity contribution in [3.05, 3.63) is 119 Å². The molecule has 0 bridgehead atoms. The van der Waals surface area contributed by atoms with Crippen molar-refractivity contribution in [2.45, 2.75) is 33.1 Å². The molecule has 0 atom stereocenters. The molecule has 4 rings (SSSR count). The Hall–Kier alpha value is -3.92. The number of nitrogen functional groups attached to an aromatic ring is 2. The second-order valence-electron chi connectivity index (χ2n) is 7.70. The number of benzene rings is 4. The first-order valence-electron chi connectivity index (χ1n) is 11.1. The van der Waals surface area contributed by atoms with Crippen LogP contribution in [0, 0.1) is 0 Å². The van der Waals surface area contributed by atoms with Gasteiger partial charge in [0.15, 0.2) is 0 Å². The number of nitrogens with two attached hydrogens (primary N) is 2. The Morgan fingerprint density at radius 2 is 0.727 bits per heavy atom. The fourth-order valence-corrected chi connectivity index (χ4v) is 2.97. The molecule has 4 nitrogen and oxygen atoms in total. The topological polar surface area (TPSA) is 92.5 Å². The summed E-state index contributed by atoms with van der Waals surface area (Å²) in [5.74, 6) is 0.680. The van der Waals surface area contributed by atoms with Crippen molar-refractivity contribution in [1.29, 1.82) is 0 Å². The van der Waals surface area contributed by atoms with Crippen molar-refractivity contribution in [2.24, 2.45) is 0 Å². The molecule has 0 spiro atoms. The summed E-state index contributed by atoms with van der Waals surface area (Å²) in [4.78, 5) is 0. The summed E-state index contributed by atoms with van der Waals surface area (Å²) in [5, 5.41) is 17.7. The maximum Gasteiger partial charge on any atom is 0.115 e. The molecule has 0 saturated heterocycles. The van der Waals surface area contributed by atoms with Gasteiger partial charge in [-0.2, -0.15) is 0 Å². The van der Waals surface area contributed by atoms with Crippen molar-refractivity contribution in [3.8, 4) is 11.5 Å². The van der Waals surface area contributed by atoms with Gasteiger partial charge in [-0.25, -0.2) is 0 Å². The standard InChI is InChI=1S/C13H14N2.2C8H10O/c14-12-5-1-10(2-6-12)9-11-3-7-13(15)8-4-11;2*1-2-7-3-5-8(9)6-4-7/h1-8H,9,14-15H2;2*3-6,9H,2H2,1H3. The van der Waals surface area contributed by atoms with E-state index in [1.807, 2.05) is 72.8 Å². The van der Waals surface area contributed by atoms with Crippen molar-refractivity contribution < 1.29 is 10.2 Å². The van der Waals surface area contributed by atoms with Crippen LogP contribution in [0.1, 0.15) is 36.1 Å². The van der Waals surface area contributed by atoms with Crippen LogP contribution in [0.3, 0.4) is 0 Å². The number of anilines is 2. The second-order valence-corrected chi connectivity index (χ2v) is 7.70. The normalized spacial score (nSPS) is 9.76. The first kappa shape index (κ1) is 25.3. The zero-order valence-electron chi connectivity index (χ0n) is 19.4. The molecule has 0 unspecified atom stereocenters. The maximum absolute atomic E-state index is 8.85. The SMILES string of the molecule is CCc1ccc(O)cc1.CCc1ccc(O)cc1.Nc1ccc(Cc2ccc(N)cc2)cc1. The molecule has 0 saturated carbocycles. The quantitative estimate of drug-likeness (QED) is 0.277. The molecule has 0 fully saturated rings. The minimum Gasteiger partial charge on any atom is -0.508 e. The lowest BCUT2D eigenvalue weighted by molar-refractivity contribution is 0.474. The predicted octanol–water partition coefficient (Wildman–Crippen LogP) is 6.35. The van der Waals surface area contributed by atoms with E-state index in [1.54, 1.807) is 24.3 Å². The average molecular weight is 443 g/mol. The van der Waals surface area contributed by atoms with E-state index >= 15 is 0 Å². The Bertz CT molecular complexity index is 968. The van der Waals surface area contributed by atoms with Gasteiger partial charge in [0.1, 0.15) is 11.5 Å². The molecule has 0 aliphatic heterocycles. The molecule has 0 aliphatic rings. The van der Waals surface area contributed by atoms with Gasteiger partial charge in [0, 0.05) is 11.4 Å². The van der Waals surface area contributed by atoms with E-state index in [1.165, 1.54) is 22.3 Å². The molecule has 4 aromatic rings. The minimum absolute atomic E-state index is 0.340. The Morgan fingerprint density at radius 3 is 1.00 bits per heavy atom. The van der Waals surface area contributed by atoms with E-state index in [0.717, 1.165) is 30.6 Å². The summed E-state index contributed by atoms with van der Waals surface area (Å²) >= 11 is 0. The molecule has 6 N–H and O–H groups in total. The predicted molar refractivity (Wildman–Crippen MR) is 139 cm³/mol. The van der Waals surface area contributed by atoms with Gasteiger partial charge < -0.3 is 21.7 Å². The van der Waals surface area contributed by atoms with Gasteiger partial charge in [-0.1, -0.05) is 62.4 Å². The van der Waals surface area contributed by atoms with E-state index < -0.39 is 0 Å². The van der Waals surface area contributed by atoms with Crippen LogP contribution in [-0.4, -0.2) is 10.2 Å². The molecular formula is C29H34N2O2. The van der Waals surface area contributed by atoms with E-state index in [0.29, 0.717) is 11.5 Å². The highest BCUT2D eigenvalue weighted by atomic mass is 16.3. The summed E-state index contributed by atoms with van der Waals surface area (Å²) in [7, 11) is 0. The van der Waals surface area contributed by atoms with Crippen LogP contribution < -0.4 is 11.5 Å². The average Bonchev–Trinajstić information content (AvgIpc) is 2.84. The maximum atomic E-state index is 8.85. The summed E-state index contributed by atoms with van der Waals surface area (Å²) < 4.78 is 0. The van der Waals surface area contributed by atoms with E-state index in [2.05, 4.69) is 13.8 Å². The van der Waals surface area contributed by atoms with Gasteiger partial charge >= 0.3 is 0 Å². The van der Waals surface area contributed by atoms with Gasteiger partial charge in [-0.3, -0.25) is 0 Å². The number of rotatable bonds is 4. The molecule has 0 aliphatic carbocycles. The highest BCUT2D eigenvalue weighted by Crippen LogP contribution is 2.13. The summed E-state index contributed by atoms with van der Waals surface area (Å²) in [6.07, 6.45) is 2.97. The van der Waals surface area contributed by atoms with Crippen molar-refractivity contribution in [1.82, 2.24) is 0 Å². The van der Waals surface area contributed by atoms with Crippen molar-refractivity contribution >= 4 is 11.4 Å². The van der Waals surface area contributed by atoms with Crippen LogP contribution in [0.25, 0.3) is 0 Å². The van der Waals surface area contributed by atoms with Gasteiger partial charge in [0.2, 0.25) is 0 Å². The molecule has 0 radical (unpaired) electrons. The fourth-order valence-electron chi connectivity index (χ4n) is 2.97. The molecule has 0 amide bonds. The number of aryl methyl sites for hydroxylation is 2. The molecular weight excluding hydrogens is 408 g/mol. The lowest BCUT2D eigenvalue weighted by atomic mass is 10.0. The third-order valence-corrected chi connectivity index (χ3v) is 5.06. The monoisotopic (exact) mass is 442 g/mol. The Morgan fingerprint density at radius 1 is 0.455 bits per heavy atom. The number of hydrogen-bond donors (Lipinski definition) is 4. The van der Waals surface area contributed by atoms with E-state index in [9.17, 15) is 0 Å². The molecule has 33 heavy (non-hydrogen) atoms. The fraction of sp³-hybridized carbons (Fsp3) is 0.172. The summed E-state index contributed by atoms with van der Waals surface area (Å²) in [6.45, 7) is 4.18. The summed E-state index contributed by atoms with van der Waals surface area (Å²) in [6, 6.07) is 30.4. The first-order chi connectivity index (χ1) is 15.9. The zero-order chi connectivity index (χ0) is 24.1. The van der Waals surface area contributed by atoms with E-state index in [-0.39, 0.29) is 0 Å². The highest BCUT2D eigenvalue weighted by molar-refractivity contribution is 5.43. The Kier molecular flexibility index (Phi) is 10.4. The van der Waals surface area contributed by atoms with Gasteiger partial charge in [0.25, 0.3) is 0 Å². The molecule has 0 heterocycles. The molecule has 4 aromatic carbocycles. The van der Waals surface area contributed by atoms with Crippen LogP contribution in [0.2, 0.25) is 0 Å². The third-order valence-electron chi connectivity index (χ3n) is 5.06. The van der Waals surface area contributed by atoms with Crippen LogP contribution in [0.15, 0.2) is 97.1 Å². The Balaban J connectivity index is 0.000000186. The number of aromatic hydroxyl groups is 2. The molecule has 4 heteroatoms. The third kappa shape index (κ3) is 9.83. The second kappa shape index (κ2) is 13.5. The number of phenolic OH excluding ortho intramolecular Hbond substituents is 2. The van der Waals surface area contributed by atoms with Gasteiger partial charge in [0.05, 0.1) is 0 Å². The van der Waals surface area contributed by atoms with Crippen molar-refractivity contribution in [2.75, 3.05) is 11.5 Å². The zero-order valence-corrected chi connectivity index (χ0v) is 19.4. The summed E-state index contributed by atoms with van der Waals surface area (Å²) in [5.41, 5.74) is 17.9. The lowest BCUT2D eigenvalue weighted by Gasteiger charge is -2.02. The molecule has 172 valence electrons. The lowest BCUT2D eigenvalue weighted by Crippen LogP contribution is -1.90. The van der Waals surface area contributed by atoms with Gasteiger partial charge in [-0.05, 0) is 90.0 Å². The van der Waals surface area contributed by atoms with Crippen molar-refractivity contribution in [3.63, 3.8) is 0 Å². The van der Waals surface area contributed by atoms with Crippen LogP contribution in [0.5, 0.6) is 11.5 Å². The number of phenols is 2. The number of hydrogen-bond acceptors (Lipinski definition) is 4. The smallest absolute Gasteiger partial charge is 0.115 e. The van der Waals surface area contributed by atoms with Gasteiger partial charge in [-0.15, -0.1) is 0 Å². The first-order valence-corrected chi connectivity index (χ1v) is 11.1. The van der Waals surface area contributed by atoms with Crippen LogP contribution in [0.4, 0.5) is 11.4 Å². The molecule has 0 aromatic heterocycles. The largest absolute Gasteiger partial charge is 0.508 e. The van der Waals surface area contributed by atoms with Crippen LogP contribution in [-0.2, 0) is 19.3 Å².